The van der Waals surface area contributed by atoms with E-state index in [0.717, 1.165) is 0 Å². The average Bonchev–Trinajstić information content (AvgIpc) is 3.11. The van der Waals surface area contributed by atoms with E-state index in [1.54, 1.807) is 13.2 Å². The van der Waals surface area contributed by atoms with Gasteiger partial charge in [0.15, 0.2) is 17.9 Å². The highest BCUT2D eigenvalue weighted by Crippen LogP contribution is 2.40. The quantitative estimate of drug-likeness (QED) is 0.365. The normalized spacial score (nSPS) is 28.0. The van der Waals surface area contributed by atoms with Gasteiger partial charge in [0.25, 0.3) is 0 Å². The summed E-state index contributed by atoms with van der Waals surface area (Å²) in [5, 5.41) is 26.8. The first-order valence-corrected chi connectivity index (χ1v) is 9.36. The summed E-state index contributed by atoms with van der Waals surface area (Å²) in [6, 6.07) is 0. The lowest BCUT2D eigenvalue weighted by atomic mass is 10.1. The van der Waals surface area contributed by atoms with Gasteiger partial charge in [0.05, 0.1) is 12.0 Å². The van der Waals surface area contributed by atoms with Crippen LogP contribution in [0.2, 0.25) is 0 Å². The van der Waals surface area contributed by atoms with E-state index in [4.69, 9.17) is 20.3 Å². The van der Waals surface area contributed by atoms with Crippen molar-refractivity contribution in [1.82, 2.24) is 14.5 Å². The molecule has 14 heteroatoms. The molecule has 6 N–H and O–H groups in total. The number of rotatable bonds is 4. The zero-order chi connectivity index (χ0) is 19.5. The predicted molar refractivity (Wildman–Crippen MR) is 90.6 cm³/mol. The lowest BCUT2D eigenvalue weighted by molar-refractivity contribution is -0.0501. The Labute approximate surface area is 151 Å². The van der Waals surface area contributed by atoms with Crippen LogP contribution in [0.1, 0.15) is 11.8 Å². The second-order valence-electron chi connectivity index (χ2n) is 6.19. The maximum atomic E-state index is 10.9. The van der Waals surface area contributed by atoms with Crippen molar-refractivity contribution in [3.05, 3.63) is 18.1 Å². The fraction of sp³-hybridized carbons (Fsp3) is 0.462. The maximum absolute atomic E-state index is 10.9. The largest absolute Gasteiger partial charge is 0.469 e. The molecule has 0 bridgehead atoms. The molecule has 0 aromatic carbocycles. The van der Waals surface area contributed by atoms with Crippen molar-refractivity contribution in [3.8, 4) is 0 Å². The molecule has 2 aliphatic rings. The van der Waals surface area contributed by atoms with E-state index in [1.165, 1.54) is 15.9 Å². The summed E-state index contributed by atoms with van der Waals surface area (Å²) < 4.78 is 22.3. The van der Waals surface area contributed by atoms with Crippen molar-refractivity contribution in [2.45, 2.75) is 24.5 Å². The van der Waals surface area contributed by atoms with Crippen LogP contribution in [0.4, 0.5) is 5.82 Å². The number of nitrogens with two attached hydrogens (primary N) is 1. The minimum Gasteiger partial charge on any atom is -0.387 e. The van der Waals surface area contributed by atoms with Gasteiger partial charge in [-0.05, 0) is 0 Å². The van der Waals surface area contributed by atoms with Crippen molar-refractivity contribution < 1.29 is 33.8 Å². The zero-order valence-corrected chi connectivity index (χ0v) is 14.8. The van der Waals surface area contributed by atoms with Crippen molar-refractivity contribution in [2.24, 2.45) is 10.8 Å². The smallest absolute Gasteiger partial charge is 0.387 e. The second-order valence-corrected chi connectivity index (χ2v) is 7.43. The van der Waals surface area contributed by atoms with Gasteiger partial charge in [-0.2, -0.15) is 5.10 Å². The lowest BCUT2D eigenvalue weighted by Crippen LogP contribution is -2.33. The monoisotopic (exact) mass is 400 g/mol. The van der Waals surface area contributed by atoms with Crippen LogP contribution in [-0.2, 0) is 13.8 Å². The third-order valence-corrected chi connectivity index (χ3v) is 4.93. The van der Waals surface area contributed by atoms with Crippen LogP contribution in [0, 0.1) is 0 Å². The van der Waals surface area contributed by atoms with Crippen molar-refractivity contribution in [1.29, 1.82) is 0 Å². The molecule has 4 atom stereocenters. The van der Waals surface area contributed by atoms with Gasteiger partial charge in [-0.3, -0.25) is 4.52 Å². The SMILES string of the molecule is CN1N=C(N)c2cn([C@H]3O[C@@H](COP(=O)(O)O)[C@@H](O)[C@@H]3O)c3ncnc1c23. The summed E-state index contributed by atoms with van der Waals surface area (Å²) >= 11 is 0. The van der Waals surface area contributed by atoms with Crippen LogP contribution in [0.15, 0.2) is 17.6 Å². The Morgan fingerprint density at radius 2 is 2.07 bits per heavy atom. The van der Waals surface area contributed by atoms with Gasteiger partial charge >= 0.3 is 7.82 Å². The predicted octanol–water partition coefficient (Wildman–Crippen LogP) is -1.77. The van der Waals surface area contributed by atoms with Crippen LogP contribution in [-0.4, -0.2) is 72.3 Å². The Bertz CT molecular complexity index is 973. The molecule has 0 aliphatic carbocycles. The lowest BCUT2D eigenvalue weighted by Gasteiger charge is -2.19. The van der Waals surface area contributed by atoms with Crippen molar-refractivity contribution in [2.75, 3.05) is 18.7 Å². The van der Waals surface area contributed by atoms with E-state index in [0.29, 0.717) is 22.4 Å². The van der Waals surface area contributed by atoms with E-state index in [2.05, 4.69) is 19.6 Å². The first kappa shape index (κ1) is 18.3. The molecule has 0 unspecified atom stereocenters. The summed E-state index contributed by atoms with van der Waals surface area (Å²) in [7, 11) is -3.07. The summed E-state index contributed by atoms with van der Waals surface area (Å²) in [6.45, 7) is -0.600. The summed E-state index contributed by atoms with van der Waals surface area (Å²) in [4.78, 5) is 26.0. The molecule has 1 fully saturated rings. The second kappa shape index (κ2) is 6.21. The molecular weight excluding hydrogens is 383 g/mol. The van der Waals surface area contributed by atoms with E-state index < -0.39 is 39.0 Å². The fourth-order valence-electron chi connectivity index (χ4n) is 3.23. The van der Waals surface area contributed by atoms with Gasteiger partial charge in [0, 0.05) is 18.8 Å². The van der Waals surface area contributed by atoms with Gasteiger partial charge in [-0.25, -0.2) is 19.5 Å². The molecule has 4 rings (SSSR count). The number of amidine groups is 1. The number of nitrogens with zero attached hydrogens (tertiary/aromatic N) is 5. The van der Waals surface area contributed by atoms with Crippen LogP contribution in [0.5, 0.6) is 0 Å². The third-order valence-electron chi connectivity index (χ3n) is 4.45. The van der Waals surface area contributed by atoms with Crippen molar-refractivity contribution >= 4 is 30.5 Å². The topological polar surface area (TPSA) is 189 Å². The number of phosphoric ester groups is 1. The molecule has 1 saturated heterocycles. The molecule has 0 spiro atoms. The summed E-state index contributed by atoms with van der Waals surface area (Å²) in [5.74, 6) is 0.732. The fourth-order valence-corrected chi connectivity index (χ4v) is 3.57. The molecule has 13 nitrogen and oxygen atoms in total. The van der Waals surface area contributed by atoms with Gasteiger partial charge in [0.1, 0.15) is 30.3 Å². The minimum absolute atomic E-state index is 0.220. The number of ether oxygens (including phenoxy) is 1. The van der Waals surface area contributed by atoms with Crippen LogP contribution in [0.3, 0.4) is 0 Å². The molecule has 0 amide bonds. The number of aliphatic hydroxyl groups excluding tert-OH is 2. The zero-order valence-electron chi connectivity index (χ0n) is 13.9. The van der Waals surface area contributed by atoms with E-state index >= 15 is 0 Å². The highest BCUT2D eigenvalue weighted by atomic mass is 31.2. The first-order valence-electron chi connectivity index (χ1n) is 7.83. The average molecular weight is 400 g/mol. The molecule has 0 radical (unpaired) electrons. The Kier molecular flexibility index (Phi) is 4.20. The standard InChI is InChI=1S/C13H17N6O7P/c1-18-11-7-5(10(14)17-18)2-19(12(7)16-4-15-11)13-9(21)8(20)6(26-13)3-25-27(22,23)24/h2,4,6,8-9,13,20-21H,3H2,1H3,(H2,14,17)(H2,22,23,24)/t6-,8+,9-,13-/m0/s1. The highest BCUT2D eigenvalue weighted by molar-refractivity contribution is 7.46. The molecule has 0 saturated carbocycles. The molecule has 146 valence electrons. The van der Waals surface area contributed by atoms with Gasteiger partial charge in [0.2, 0.25) is 0 Å². The van der Waals surface area contributed by atoms with Crippen LogP contribution in [0.25, 0.3) is 11.0 Å². The number of hydrogen-bond donors (Lipinski definition) is 5. The number of phosphoric acid groups is 1. The number of hydrazone groups is 1. The van der Waals surface area contributed by atoms with Gasteiger partial charge < -0.3 is 35.0 Å². The molecule has 4 heterocycles. The van der Waals surface area contributed by atoms with Crippen LogP contribution < -0.4 is 10.7 Å². The summed E-state index contributed by atoms with van der Waals surface area (Å²) in [6.07, 6.45) is -2.17. The maximum Gasteiger partial charge on any atom is 0.469 e. The Hall–Kier alpha value is -2.12. The molecular formula is C13H17N6O7P. The molecule has 2 aromatic rings. The summed E-state index contributed by atoms with van der Waals surface area (Å²) in [5.41, 5.74) is 6.91. The molecule has 27 heavy (non-hydrogen) atoms. The molecule has 2 aromatic heterocycles. The number of hydrogen-bond acceptors (Lipinski definition) is 10. The number of aliphatic hydroxyl groups is 2. The van der Waals surface area contributed by atoms with E-state index in [1.807, 2.05) is 0 Å². The Balaban J connectivity index is 1.72. The van der Waals surface area contributed by atoms with E-state index in [9.17, 15) is 14.8 Å². The Morgan fingerprint density at radius 3 is 2.78 bits per heavy atom. The molecule has 2 aliphatic heterocycles. The number of anilines is 1. The highest BCUT2D eigenvalue weighted by Gasteiger charge is 2.45. The van der Waals surface area contributed by atoms with Gasteiger partial charge in [-0.1, -0.05) is 0 Å². The van der Waals surface area contributed by atoms with Crippen LogP contribution >= 0.6 is 7.82 Å². The number of aromatic nitrogens is 3. The third kappa shape index (κ3) is 2.99. The minimum atomic E-state index is -4.75. The Morgan fingerprint density at radius 1 is 1.33 bits per heavy atom. The van der Waals surface area contributed by atoms with Crippen molar-refractivity contribution in [3.63, 3.8) is 0 Å². The van der Waals surface area contributed by atoms with E-state index in [-0.39, 0.29) is 5.84 Å². The first-order chi connectivity index (χ1) is 12.7. The van der Waals surface area contributed by atoms with Gasteiger partial charge in [-0.15, -0.1) is 0 Å².